The van der Waals surface area contributed by atoms with Gasteiger partial charge in [0.25, 0.3) is 5.56 Å². The van der Waals surface area contributed by atoms with Gasteiger partial charge >= 0.3 is 5.69 Å². The zero-order valence-corrected chi connectivity index (χ0v) is 21.0. The Labute approximate surface area is 209 Å². The van der Waals surface area contributed by atoms with E-state index < -0.39 is 0 Å². The number of nitrogens with two attached hydrogens (primary N) is 1. The molecule has 0 atom stereocenters. The quantitative estimate of drug-likeness (QED) is 0.554. The van der Waals surface area contributed by atoms with Crippen LogP contribution >= 0.6 is 12.4 Å². The molecule has 1 saturated heterocycles. The first kappa shape index (κ1) is 26.3. The standard InChI is InChI=1S/C25H30N4O5.ClH/c1-16(30)27-10-8-19(9-11-27)29-21-6-4-17(14-26)12-20(21)24(31)28(25(29)32)15-18-5-7-22(33-2)23(13-18)34-3;/h4-7,12-13,19H,8-11,14-15,26H2,1-3H3;1H. The van der Waals surface area contributed by atoms with Gasteiger partial charge in [-0.3, -0.25) is 18.7 Å². The van der Waals surface area contributed by atoms with E-state index in [2.05, 4.69) is 0 Å². The molecule has 0 aliphatic carbocycles. The number of rotatable bonds is 6. The van der Waals surface area contributed by atoms with Gasteiger partial charge in [0.05, 0.1) is 31.7 Å². The summed E-state index contributed by atoms with van der Waals surface area (Å²) in [7, 11) is 3.09. The van der Waals surface area contributed by atoms with Crippen LogP contribution in [0, 0.1) is 0 Å². The molecule has 2 heterocycles. The molecular weight excluding hydrogens is 472 g/mol. The smallest absolute Gasteiger partial charge is 0.332 e. The highest BCUT2D eigenvalue weighted by atomic mass is 35.5. The lowest BCUT2D eigenvalue weighted by atomic mass is 10.0. The summed E-state index contributed by atoms with van der Waals surface area (Å²) in [6.45, 7) is 3.08. The molecule has 0 radical (unpaired) electrons. The number of methoxy groups -OCH3 is 2. The van der Waals surface area contributed by atoms with Crippen molar-refractivity contribution in [3.63, 3.8) is 0 Å². The second-order valence-electron chi connectivity index (χ2n) is 8.53. The minimum absolute atomic E-state index is 0. The Kier molecular flexibility index (Phi) is 8.24. The number of amides is 1. The topological polar surface area (TPSA) is 109 Å². The van der Waals surface area contributed by atoms with Crippen molar-refractivity contribution >= 4 is 29.2 Å². The summed E-state index contributed by atoms with van der Waals surface area (Å²) in [5.74, 6) is 1.12. The maximum atomic E-state index is 13.7. The molecule has 2 aromatic carbocycles. The molecule has 0 unspecified atom stereocenters. The van der Waals surface area contributed by atoms with Crippen LogP contribution in [0.5, 0.6) is 11.5 Å². The van der Waals surface area contributed by atoms with Crippen LogP contribution in [0.2, 0.25) is 0 Å². The summed E-state index contributed by atoms with van der Waals surface area (Å²) >= 11 is 0. The van der Waals surface area contributed by atoms with Crippen LogP contribution in [0.4, 0.5) is 0 Å². The fourth-order valence-corrected chi connectivity index (χ4v) is 4.65. The number of nitrogens with zero attached hydrogens (tertiary/aromatic N) is 3. The Bertz CT molecular complexity index is 1340. The van der Waals surface area contributed by atoms with Crippen LogP contribution in [0.1, 0.15) is 36.9 Å². The molecule has 35 heavy (non-hydrogen) atoms. The first-order valence-electron chi connectivity index (χ1n) is 11.3. The van der Waals surface area contributed by atoms with Crippen LogP contribution < -0.4 is 26.5 Å². The molecule has 10 heteroatoms. The Morgan fingerprint density at radius 1 is 1.00 bits per heavy atom. The summed E-state index contributed by atoms with van der Waals surface area (Å²) in [6.07, 6.45) is 1.28. The second kappa shape index (κ2) is 11.0. The Morgan fingerprint density at radius 2 is 1.66 bits per heavy atom. The number of piperidine rings is 1. The zero-order valence-electron chi connectivity index (χ0n) is 20.2. The molecule has 3 aromatic rings. The van der Waals surface area contributed by atoms with E-state index in [0.29, 0.717) is 54.9 Å². The van der Waals surface area contributed by atoms with Gasteiger partial charge in [0.2, 0.25) is 5.91 Å². The first-order chi connectivity index (χ1) is 16.4. The highest BCUT2D eigenvalue weighted by molar-refractivity contribution is 5.85. The van der Waals surface area contributed by atoms with E-state index in [1.807, 2.05) is 12.1 Å². The lowest BCUT2D eigenvalue weighted by Crippen LogP contribution is -2.45. The van der Waals surface area contributed by atoms with E-state index in [1.54, 1.807) is 54.9 Å². The number of fused-ring (bicyclic) bond motifs is 1. The third-order valence-corrected chi connectivity index (χ3v) is 6.53. The highest BCUT2D eigenvalue weighted by Crippen LogP contribution is 2.28. The molecule has 188 valence electrons. The first-order valence-corrected chi connectivity index (χ1v) is 11.3. The van der Waals surface area contributed by atoms with Crippen molar-refractivity contribution in [2.45, 2.75) is 38.9 Å². The Balaban J connectivity index is 0.00000342. The number of likely N-dealkylation sites (tertiary alicyclic amines) is 1. The van der Waals surface area contributed by atoms with Gasteiger partial charge in [-0.2, -0.15) is 0 Å². The van der Waals surface area contributed by atoms with E-state index >= 15 is 0 Å². The van der Waals surface area contributed by atoms with Gasteiger partial charge in [-0.25, -0.2) is 4.79 Å². The SMILES string of the molecule is COc1ccc(Cn2c(=O)c3cc(CN)ccc3n(C3CCN(C(C)=O)CC3)c2=O)cc1OC.Cl. The summed E-state index contributed by atoms with van der Waals surface area (Å²) in [4.78, 5) is 40.8. The van der Waals surface area contributed by atoms with Crippen LogP contribution in [-0.2, 0) is 17.9 Å². The fourth-order valence-electron chi connectivity index (χ4n) is 4.65. The zero-order chi connectivity index (χ0) is 24.4. The third-order valence-electron chi connectivity index (χ3n) is 6.53. The predicted molar refractivity (Wildman–Crippen MR) is 137 cm³/mol. The lowest BCUT2D eigenvalue weighted by Gasteiger charge is -2.33. The lowest BCUT2D eigenvalue weighted by molar-refractivity contribution is -0.130. The van der Waals surface area contributed by atoms with Gasteiger partial charge in [-0.1, -0.05) is 12.1 Å². The maximum Gasteiger partial charge on any atom is 0.332 e. The Morgan fingerprint density at radius 3 is 2.26 bits per heavy atom. The number of ether oxygens (including phenoxy) is 2. The van der Waals surface area contributed by atoms with Crippen LogP contribution in [0.25, 0.3) is 10.9 Å². The van der Waals surface area contributed by atoms with Crippen molar-refractivity contribution < 1.29 is 14.3 Å². The summed E-state index contributed by atoms with van der Waals surface area (Å²) < 4.78 is 13.7. The van der Waals surface area contributed by atoms with E-state index in [-0.39, 0.29) is 42.1 Å². The van der Waals surface area contributed by atoms with Crippen LogP contribution in [0.3, 0.4) is 0 Å². The fraction of sp³-hybridized carbons (Fsp3) is 0.400. The number of hydrogen-bond donors (Lipinski definition) is 1. The summed E-state index contributed by atoms with van der Waals surface area (Å²) in [6, 6.07) is 10.6. The van der Waals surface area contributed by atoms with Crippen molar-refractivity contribution in [2.24, 2.45) is 5.73 Å². The van der Waals surface area contributed by atoms with Gasteiger partial charge in [0.15, 0.2) is 11.5 Å². The number of halogens is 1. The molecule has 2 N–H and O–H groups in total. The second-order valence-corrected chi connectivity index (χ2v) is 8.53. The van der Waals surface area contributed by atoms with E-state index in [9.17, 15) is 14.4 Å². The van der Waals surface area contributed by atoms with E-state index in [4.69, 9.17) is 15.2 Å². The van der Waals surface area contributed by atoms with Crippen molar-refractivity contribution in [3.05, 3.63) is 68.4 Å². The Hall–Kier alpha value is -3.30. The van der Waals surface area contributed by atoms with Crippen molar-refractivity contribution in [3.8, 4) is 11.5 Å². The van der Waals surface area contributed by atoms with Crippen LogP contribution in [0.15, 0.2) is 46.0 Å². The predicted octanol–water partition coefficient (Wildman–Crippen LogP) is 2.29. The highest BCUT2D eigenvalue weighted by Gasteiger charge is 2.26. The largest absolute Gasteiger partial charge is 0.493 e. The van der Waals surface area contributed by atoms with Gasteiger partial charge < -0.3 is 20.1 Å². The number of carbonyl (C=O) groups is 1. The molecule has 1 fully saturated rings. The molecule has 1 aliphatic rings. The monoisotopic (exact) mass is 502 g/mol. The van der Waals surface area contributed by atoms with Crippen molar-refractivity contribution in [1.82, 2.24) is 14.0 Å². The average molecular weight is 503 g/mol. The summed E-state index contributed by atoms with van der Waals surface area (Å²) in [5.41, 5.74) is 7.25. The minimum Gasteiger partial charge on any atom is -0.493 e. The van der Waals surface area contributed by atoms with Gasteiger partial charge in [0.1, 0.15) is 0 Å². The number of carbonyl (C=O) groups excluding carboxylic acids is 1. The molecule has 1 amide bonds. The molecule has 0 saturated carbocycles. The molecular formula is C25H31ClN4O5. The summed E-state index contributed by atoms with van der Waals surface area (Å²) in [5, 5.41) is 0.456. The maximum absolute atomic E-state index is 13.7. The van der Waals surface area contributed by atoms with E-state index in [0.717, 1.165) is 11.1 Å². The van der Waals surface area contributed by atoms with Crippen molar-refractivity contribution in [2.75, 3.05) is 27.3 Å². The van der Waals surface area contributed by atoms with Gasteiger partial charge in [-0.15, -0.1) is 12.4 Å². The van der Waals surface area contributed by atoms with Gasteiger partial charge in [0, 0.05) is 32.6 Å². The third kappa shape index (κ3) is 5.06. The van der Waals surface area contributed by atoms with E-state index in [1.165, 1.54) is 4.57 Å². The molecule has 9 nitrogen and oxygen atoms in total. The average Bonchev–Trinajstić information content (AvgIpc) is 2.86. The number of benzene rings is 2. The molecule has 1 aliphatic heterocycles. The number of aromatic nitrogens is 2. The minimum atomic E-state index is -0.367. The molecule has 4 rings (SSSR count). The van der Waals surface area contributed by atoms with Crippen molar-refractivity contribution in [1.29, 1.82) is 0 Å². The molecule has 1 aromatic heterocycles. The molecule has 0 bridgehead atoms. The number of hydrogen-bond acceptors (Lipinski definition) is 6. The molecule has 0 spiro atoms. The normalized spacial score (nSPS) is 14.0. The van der Waals surface area contributed by atoms with Gasteiger partial charge in [-0.05, 0) is 48.2 Å². The van der Waals surface area contributed by atoms with Crippen LogP contribution in [-0.4, -0.2) is 47.3 Å².